The van der Waals surface area contributed by atoms with Gasteiger partial charge in [0.25, 0.3) is 0 Å². The number of carbonyl (C=O) groups excluding carboxylic acids is 1. The molecule has 0 aliphatic heterocycles. The van der Waals surface area contributed by atoms with Crippen LogP contribution < -0.4 is 5.32 Å². The van der Waals surface area contributed by atoms with Gasteiger partial charge in [0.15, 0.2) is 5.82 Å². The molecule has 4 aromatic rings. The molecule has 0 aliphatic carbocycles. The molecule has 1 amide bonds. The number of rotatable bonds is 4. The Kier molecular flexibility index (Phi) is 3.55. The van der Waals surface area contributed by atoms with E-state index >= 15 is 0 Å². The van der Waals surface area contributed by atoms with Crippen LogP contribution in [0.15, 0.2) is 65.6 Å². The highest BCUT2D eigenvalue weighted by atomic mass is 16.5. The zero-order chi connectivity index (χ0) is 16.4. The van der Waals surface area contributed by atoms with Crippen molar-refractivity contribution in [3.63, 3.8) is 0 Å². The predicted molar refractivity (Wildman–Crippen MR) is 90.4 cm³/mol. The first kappa shape index (κ1) is 14.2. The Balaban J connectivity index is 1.52. The topological polar surface area (TPSA) is 83.8 Å². The molecule has 0 atom stereocenters. The number of H-pyrrole nitrogens is 1. The fourth-order valence-corrected chi connectivity index (χ4v) is 2.66. The highest BCUT2D eigenvalue weighted by Crippen LogP contribution is 2.27. The van der Waals surface area contributed by atoms with E-state index in [4.69, 9.17) is 0 Å². The predicted octanol–water partition coefficient (Wildman–Crippen LogP) is 3.40. The van der Waals surface area contributed by atoms with Crippen LogP contribution in [0, 0.1) is 0 Å². The Hall–Kier alpha value is -3.41. The Bertz CT molecular complexity index is 972. The van der Waals surface area contributed by atoms with Crippen LogP contribution in [0.5, 0.6) is 0 Å². The minimum absolute atomic E-state index is 0.131. The van der Waals surface area contributed by atoms with Crippen LogP contribution in [-0.2, 0) is 11.2 Å². The molecule has 0 radical (unpaired) electrons. The van der Waals surface area contributed by atoms with E-state index in [1.54, 1.807) is 12.3 Å². The van der Waals surface area contributed by atoms with Crippen LogP contribution in [0.3, 0.4) is 0 Å². The number of hydrogen-bond acceptors (Lipinski definition) is 4. The van der Waals surface area contributed by atoms with Crippen molar-refractivity contribution in [2.24, 2.45) is 0 Å². The molecule has 0 aliphatic rings. The molecule has 0 bridgehead atoms. The molecule has 6 nitrogen and oxygen atoms in total. The van der Waals surface area contributed by atoms with E-state index in [2.05, 4.69) is 25.0 Å². The van der Waals surface area contributed by atoms with E-state index in [0.717, 1.165) is 27.7 Å². The summed E-state index contributed by atoms with van der Waals surface area (Å²) in [6, 6.07) is 13.5. The first-order valence-corrected chi connectivity index (χ1v) is 7.51. The summed E-state index contributed by atoms with van der Waals surface area (Å²) in [5, 5.41) is 7.42. The summed E-state index contributed by atoms with van der Waals surface area (Å²) in [5.41, 5.74) is 3.99. The molecule has 0 spiro atoms. The van der Waals surface area contributed by atoms with Gasteiger partial charge in [-0.05, 0) is 28.8 Å². The van der Waals surface area contributed by atoms with Crippen molar-refractivity contribution in [1.82, 2.24) is 15.1 Å². The van der Waals surface area contributed by atoms with Crippen molar-refractivity contribution < 1.29 is 9.32 Å². The van der Waals surface area contributed by atoms with Gasteiger partial charge in [-0.15, -0.1) is 0 Å². The van der Waals surface area contributed by atoms with Crippen molar-refractivity contribution in [2.75, 3.05) is 5.32 Å². The Morgan fingerprint density at radius 2 is 2.00 bits per heavy atom. The Morgan fingerprint density at radius 3 is 2.79 bits per heavy atom. The molecule has 1 aromatic carbocycles. The summed E-state index contributed by atoms with van der Waals surface area (Å²) in [6.45, 7) is 0. The largest absolute Gasteiger partial charge is 0.363 e. The molecule has 4 rings (SSSR count). The zero-order valence-electron chi connectivity index (χ0n) is 12.7. The maximum atomic E-state index is 12.0. The van der Waals surface area contributed by atoms with Crippen LogP contribution in [0.25, 0.3) is 22.2 Å². The minimum Gasteiger partial charge on any atom is -0.363 e. The summed E-state index contributed by atoms with van der Waals surface area (Å²) < 4.78 is 4.69. The number of carbonyl (C=O) groups is 1. The van der Waals surface area contributed by atoms with Gasteiger partial charge < -0.3 is 14.8 Å². The minimum atomic E-state index is -0.131. The summed E-state index contributed by atoms with van der Waals surface area (Å²) in [7, 11) is 0. The highest BCUT2D eigenvalue weighted by Gasteiger charge is 2.08. The monoisotopic (exact) mass is 318 g/mol. The van der Waals surface area contributed by atoms with Gasteiger partial charge in [0, 0.05) is 23.8 Å². The number of pyridine rings is 1. The second-order valence-electron chi connectivity index (χ2n) is 5.41. The SMILES string of the molecule is O=C(Cc1ccc(-c2ccnc3[nH]ccc23)cc1)Nc1ccon1. The number of fused-ring (bicyclic) bond motifs is 1. The zero-order valence-corrected chi connectivity index (χ0v) is 12.7. The van der Waals surface area contributed by atoms with Crippen molar-refractivity contribution >= 4 is 22.8 Å². The fourth-order valence-electron chi connectivity index (χ4n) is 2.66. The van der Waals surface area contributed by atoms with E-state index < -0.39 is 0 Å². The van der Waals surface area contributed by atoms with Gasteiger partial charge in [0.05, 0.1) is 6.42 Å². The van der Waals surface area contributed by atoms with Gasteiger partial charge in [-0.2, -0.15) is 0 Å². The average molecular weight is 318 g/mol. The number of anilines is 1. The molecule has 2 N–H and O–H groups in total. The lowest BCUT2D eigenvalue weighted by Gasteiger charge is -2.06. The van der Waals surface area contributed by atoms with Crippen molar-refractivity contribution in [3.05, 3.63) is 66.7 Å². The van der Waals surface area contributed by atoms with Crippen molar-refractivity contribution in [2.45, 2.75) is 6.42 Å². The summed E-state index contributed by atoms with van der Waals surface area (Å²) in [5.74, 6) is 0.289. The molecule has 3 aromatic heterocycles. The first-order valence-electron chi connectivity index (χ1n) is 7.51. The second-order valence-corrected chi connectivity index (χ2v) is 5.41. The fraction of sp³-hybridized carbons (Fsp3) is 0.0556. The van der Waals surface area contributed by atoms with Gasteiger partial charge in [-0.3, -0.25) is 4.79 Å². The molecule has 118 valence electrons. The maximum Gasteiger partial charge on any atom is 0.230 e. The maximum absolute atomic E-state index is 12.0. The number of hydrogen-bond donors (Lipinski definition) is 2. The normalized spacial score (nSPS) is 10.8. The molecule has 0 unspecified atom stereocenters. The number of benzene rings is 1. The number of amides is 1. The van der Waals surface area contributed by atoms with Gasteiger partial charge in [0.1, 0.15) is 11.9 Å². The van der Waals surface area contributed by atoms with E-state index in [1.807, 2.05) is 42.6 Å². The lowest BCUT2D eigenvalue weighted by molar-refractivity contribution is -0.115. The molecular weight excluding hydrogens is 304 g/mol. The summed E-state index contributed by atoms with van der Waals surface area (Å²) in [4.78, 5) is 19.4. The third-order valence-corrected chi connectivity index (χ3v) is 3.80. The van der Waals surface area contributed by atoms with Gasteiger partial charge in [0.2, 0.25) is 5.91 Å². The Morgan fingerprint density at radius 1 is 1.12 bits per heavy atom. The van der Waals surface area contributed by atoms with E-state index in [0.29, 0.717) is 5.82 Å². The van der Waals surface area contributed by atoms with Gasteiger partial charge in [-0.1, -0.05) is 29.4 Å². The molecular formula is C18H14N4O2. The summed E-state index contributed by atoms with van der Waals surface area (Å²) >= 11 is 0. The lowest BCUT2D eigenvalue weighted by atomic mass is 10.0. The van der Waals surface area contributed by atoms with Crippen LogP contribution in [-0.4, -0.2) is 21.0 Å². The quantitative estimate of drug-likeness (QED) is 0.604. The van der Waals surface area contributed by atoms with Crippen molar-refractivity contribution in [3.8, 4) is 11.1 Å². The molecule has 24 heavy (non-hydrogen) atoms. The third kappa shape index (κ3) is 2.77. The number of nitrogens with zero attached hydrogens (tertiary/aromatic N) is 2. The Labute approximate surface area is 137 Å². The van der Waals surface area contributed by atoms with E-state index in [-0.39, 0.29) is 12.3 Å². The third-order valence-electron chi connectivity index (χ3n) is 3.80. The number of aromatic nitrogens is 3. The van der Waals surface area contributed by atoms with Crippen molar-refractivity contribution in [1.29, 1.82) is 0 Å². The molecule has 6 heteroatoms. The van der Waals surface area contributed by atoms with E-state index in [1.165, 1.54) is 6.26 Å². The van der Waals surface area contributed by atoms with Gasteiger partial charge >= 0.3 is 0 Å². The van der Waals surface area contributed by atoms with Crippen LogP contribution >= 0.6 is 0 Å². The smallest absolute Gasteiger partial charge is 0.230 e. The molecule has 0 saturated heterocycles. The van der Waals surface area contributed by atoms with Crippen LogP contribution in [0.1, 0.15) is 5.56 Å². The summed E-state index contributed by atoms with van der Waals surface area (Å²) in [6.07, 6.45) is 5.36. The standard InChI is InChI=1S/C18H14N4O2/c23-17(21-16-7-10-24-22-16)11-12-1-3-13(4-2-12)14-5-8-19-18-15(14)6-9-20-18/h1-10H,11H2,(H,19,20)(H,21,22,23). The first-order chi connectivity index (χ1) is 11.8. The second kappa shape index (κ2) is 6.00. The highest BCUT2D eigenvalue weighted by molar-refractivity contribution is 5.93. The number of aromatic amines is 1. The molecule has 0 saturated carbocycles. The van der Waals surface area contributed by atoms with E-state index in [9.17, 15) is 4.79 Å². The van der Waals surface area contributed by atoms with Crippen LogP contribution in [0.4, 0.5) is 5.82 Å². The van der Waals surface area contributed by atoms with Crippen LogP contribution in [0.2, 0.25) is 0 Å². The van der Waals surface area contributed by atoms with Gasteiger partial charge in [-0.25, -0.2) is 4.98 Å². The molecule has 0 fully saturated rings. The molecule has 3 heterocycles. The number of nitrogens with one attached hydrogen (secondary N) is 2. The lowest BCUT2D eigenvalue weighted by Crippen LogP contribution is -2.14. The average Bonchev–Trinajstić information content (AvgIpc) is 3.26.